The number of rotatable bonds is 6. The van der Waals surface area contributed by atoms with Crippen LogP contribution in [0.2, 0.25) is 0 Å². The van der Waals surface area contributed by atoms with Crippen molar-refractivity contribution in [3.8, 4) is 5.75 Å². The zero-order chi connectivity index (χ0) is 23.8. The fraction of sp³-hybridized carbons (Fsp3) is 0.567. The van der Waals surface area contributed by atoms with E-state index in [9.17, 15) is 4.79 Å². The van der Waals surface area contributed by atoms with Crippen LogP contribution < -0.4 is 4.74 Å². The topological polar surface area (TPSA) is 32.8 Å². The van der Waals surface area contributed by atoms with Crippen LogP contribution in [0.15, 0.2) is 54.6 Å². The molecule has 1 aliphatic carbocycles. The third-order valence-electron chi connectivity index (χ3n) is 8.21. The maximum atomic E-state index is 13.5. The lowest BCUT2D eigenvalue weighted by Gasteiger charge is -2.40. The lowest BCUT2D eigenvalue weighted by Crippen LogP contribution is -2.44. The van der Waals surface area contributed by atoms with E-state index >= 15 is 0 Å². The normalized spacial score (nSPS) is 27.0. The molecule has 2 aliphatic heterocycles. The summed E-state index contributed by atoms with van der Waals surface area (Å²) in [6.07, 6.45) is 5.58. The number of benzene rings is 2. The van der Waals surface area contributed by atoms with Gasteiger partial charge in [-0.15, -0.1) is 0 Å². The van der Waals surface area contributed by atoms with Gasteiger partial charge in [-0.05, 0) is 79.3 Å². The molecule has 0 N–H and O–H groups in total. The van der Waals surface area contributed by atoms with Crippen LogP contribution in [0.1, 0.15) is 64.0 Å². The second kappa shape index (κ2) is 9.37. The lowest BCUT2D eigenvalue weighted by atomic mass is 9.65. The smallest absolute Gasteiger partial charge is 0.226 e. The second-order valence-corrected chi connectivity index (χ2v) is 12.1. The zero-order valence-electron chi connectivity index (χ0n) is 21.1. The number of carbonyl (C=O) groups excluding carboxylic acids is 1. The summed E-state index contributed by atoms with van der Waals surface area (Å²) in [6, 6.07) is 19.2. The van der Waals surface area contributed by atoms with Gasteiger partial charge in [-0.2, -0.15) is 0 Å². The summed E-state index contributed by atoms with van der Waals surface area (Å²) in [6.45, 7) is 11.7. The largest absolute Gasteiger partial charge is 0.489 e. The zero-order valence-corrected chi connectivity index (χ0v) is 21.1. The van der Waals surface area contributed by atoms with Crippen LogP contribution in [0.25, 0.3) is 0 Å². The number of likely N-dealkylation sites (tertiary alicyclic amines) is 2. The molecule has 1 amide bonds. The number of carbonyl (C=O) groups is 1. The molecule has 182 valence electrons. The van der Waals surface area contributed by atoms with Gasteiger partial charge >= 0.3 is 0 Å². The first-order chi connectivity index (χ1) is 16.3. The Balaban J connectivity index is 1.09. The number of hydrogen-bond acceptors (Lipinski definition) is 3. The van der Waals surface area contributed by atoms with Crippen LogP contribution >= 0.6 is 0 Å². The van der Waals surface area contributed by atoms with Gasteiger partial charge < -0.3 is 9.64 Å². The molecule has 4 nitrogen and oxygen atoms in total. The van der Waals surface area contributed by atoms with Gasteiger partial charge in [-0.25, -0.2) is 0 Å². The summed E-state index contributed by atoms with van der Waals surface area (Å²) >= 11 is 0. The Kier molecular flexibility index (Phi) is 6.45. The number of hydrogen-bond donors (Lipinski definition) is 0. The van der Waals surface area contributed by atoms with Crippen LogP contribution in [0.4, 0.5) is 0 Å². The molecule has 2 atom stereocenters. The molecule has 34 heavy (non-hydrogen) atoms. The van der Waals surface area contributed by atoms with Crippen molar-refractivity contribution >= 4 is 5.91 Å². The van der Waals surface area contributed by atoms with E-state index in [-0.39, 0.29) is 5.92 Å². The number of fused-ring (bicyclic) bond motifs is 2. The van der Waals surface area contributed by atoms with E-state index in [4.69, 9.17) is 4.74 Å². The number of amides is 1. The molecule has 2 heterocycles. The van der Waals surface area contributed by atoms with Crippen molar-refractivity contribution < 1.29 is 9.53 Å². The highest BCUT2D eigenvalue weighted by Gasteiger charge is 2.51. The molecular weight excluding hydrogens is 420 g/mol. The first-order valence-corrected chi connectivity index (χ1v) is 13.1. The third kappa shape index (κ3) is 5.33. The van der Waals surface area contributed by atoms with Crippen molar-refractivity contribution in [2.24, 2.45) is 16.7 Å². The van der Waals surface area contributed by atoms with Crippen molar-refractivity contribution in [3.05, 3.63) is 65.7 Å². The molecule has 0 radical (unpaired) electrons. The van der Waals surface area contributed by atoms with E-state index in [1.54, 1.807) is 0 Å². The molecule has 5 rings (SSSR count). The molecule has 3 aliphatic rings. The summed E-state index contributed by atoms with van der Waals surface area (Å²) in [5.74, 6) is 1.55. The Bertz CT molecular complexity index is 979. The van der Waals surface area contributed by atoms with Crippen molar-refractivity contribution in [1.29, 1.82) is 0 Å². The highest BCUT2D eigenvalue weighted by Crippen LogP contribution is 2.52. The van der Waals surface area contributed by atoms with Crippen LogP contribution in [0.5, 0.6) is 5.75 Å². The fourth-order valence-corrected chi connectivity index (χ4v) is 6.98. The minimum Gasteiger partial charge on any atom is -0.489 e. The van der Waals surface area contributed by atoms with Crippen LogP contribution in [0.3, 0.4) is 0 Å². The Labute approximate surface area is 205 Å². The molecule has 0 spiro atoms. The highest BCUT2D eigenvalue weighted by atomic mass is 16.5. The first kappa shape index (κ1) is 23.4. The highest BCUT2D eigenvalue weighted by molar-refractivity contribution is 5.79. The fourth-order valence-electron chi connectivity index (χ4n) is 6.98. The van der Waals surface area contributed by atoms with E-state index in [0.29, 0.717) is 29.4 Å². The molecule has 0 unspecified atom stereocenters. The van der Waals surface area contributed by atoms with Crippen LogP contribution in [-0.4, -0.2) is 41.4 Å². The summed E-state index contributed by atoms with van der Waals surface area (Å²) in [5.41, 5.74) is 3.16. The molecule has 4 heteroatoms. The Morgan fingerprint density at radius 3 is 2.35 bits per heavy atom. The van der Waals surface area contributed by atoms with Crippen molar-refractivity contribution in [2.45, 2.75) is 72.1 Å². The second-order valence-electron chi connectivity index (χ2n) is 12.1. The van der Waals surface area contributed by atoms with Gasteiger partial charge in [0.15, 0.2) is 0 Å². The van der Waals surface area contributed by atoms with E-state index in [2.05, 4.69) is 67.0 Å². The van der Waals surface area contributed by atoms with E-state index in [1.165, 1.54) is 24.0 Å². The summed E-state index contributed by atoms with van der Waals surface area (Å²) in [4.78, 5) is 18.2. The number of ether oxygens (including phenoxy) is 1. The van der Waals surface area contributed by atoms with Crippen LogP contribution in [-0.2, 0) is 17.9 Å². The van der Waals surface area contributed by atoms with Gasteiger partial charge in [-0.3, -0.25) is 9.69 Å². The van der Waals surface area contributed by atoms with Gasteiger partial charge in [0.05, 0.1) is 0 Å². The molecule has 1 saturated carbocycles. The monoisotopic (exact) mass is 460 g/mol. The standard InChI is InChI=1S/C30H40N2O2/c1-29(2)17-26-18-30(3,21-29)22-32(26)28(33)25-13-15-31(16-14-25)19-23-9-11-27(12-10-23)34-20-24-7-5-4-6-8-24/h4-12,25-26H,13-22H2,1-3H3/t26-,30-/m0/s1. The van der Waals surface area contributed by atoms with Gasteiger partial charge in [0.1, 0.15) is 12.4 Å². The Morgan fingerprint density at radius 1 is 0.941 bits per heavy atom. The predicted octanol–water partition coefficient (Wildman–Crippen LogP) is 5.90. The molecule has 2 saturated heterocycles. The molecular formula is C30H40N2O2. The summed E-state index contributed by atoms with van der Waals surface area (Å²) < 4.78 is 5.92. The first-order valence-electron chi connectivity index (χ1n) is 13.1. The predicted molar refractivity (Wildman–Crippen MR) is 136 cm³/mol. The van der Waals surface area contributed by atoms with Crippen molar-refractivity contribution in [3.63, 3.8) is 0 Å². The average Bonchev–Trinajstić information content (AvgIpc) is 3.08. The van der Waals surface area contributed by atoms with Crippen LogP contribution in [0, 0.1) is 16.7 Å². The van der Waals surface area contributed by atoms with E-state index in [0.717, 1.165) is 51.2 Å². The third-order valence-corrected chi connectivity index (χ3v) is 8.21. The van der Waals surface area contributed by atoms with Crippen molar-refractivity contribution in [2.75, 3.05) is 19.6 Å². The van der Waals surface area contributed by atoms with Crippen molar-refractivity contribution in [1.82, 2.24) is 9.80 Å². The summed E-state index contributed by atoms with van der Waals surface area (Å²) in [7, 11) is 0. The maximum absolute atomic E-state index is 13.5. The van der Waals surface area contributed by atoms with Gasteiger partial charge in [0.2, 0.25) is 5.91 Å². The lowest BCUT2D eigenvalue weighted by molar-refractivity contribution is -0.138. The molecule has 0 aromatic heterocycles. The Morgan fingerprint density at radius 2 is 1.65 bits per heavy atom. The maximum Gasteiger partial charge on any atom is 0.226 e. The van der Waals surface area contributed by atoms with E-state index in [1.807, 2.05) is 18.2 Å². The minimum atomic E-state index is 0.205. The van der Waals surface area contributed by atoms with Gasteiger partial charge in [0, 0.05) is 25.0 Å². The van der Waals surface area contributed by atoms with E-state index < -0.39 is 0 Å². The minimum absolute atomic E-state index is 0.205. The summed E-state index contributed by atoms with van der Waals surface area (Å²) in [5, 5.41) is 0. The molecule has 3 fully saturated rings. The SMILES string of the molecule is CC1(C)C[C@H]2C[C@](C)(CN2C(=O)C2CCN(Cc3ccc(OCc4ccccc4)cc3)CC2)C1. The number of nitrogens with zero attached hydrogens (tertiary/aromatic N) is 2. The van der Waals surface area contributed by atoms with Gasteiger partial charge in [-0.1, -0.05) is 63.2 Å². The molecule has 2 aromatic rings. The average molecular weight is 461 g/mol. The quantitative estimate of drug-likeness (QED) is 0.538. The molecule has 2 aromatic carbocycles. The molecule has 2 bridgehead atoms. The Hall–Kier alpha value is -2.33. The number of piperidine rings is 1. The van der Waals surface area contributed by atoms with Gasteiger partial charge in [0.25, 0.3) is 0 Å².